The molecule has 0 spiro atoms. The Labute approximate surface area is 123 Å². The molecule has 20 heavy (non-hydrogen) atoms. The maximum Gasteiger partial charge on any atom is 0.277 e. The van der Waals surface area contributed by atoms with Gasteiger partial charge in [0.1, 0.15) is 5.75 Å². The maximum atomic E-state index is 12.9. The molecule has 0 bridgehead atoms. The van der Waals surface area contributed by atoms with Gasteiger partial charge in [-0.1, -0.05) is 12.1 Å². The number of alkyl halides is 2. The SMILES string of the molecule is COc1cccc(C(C)C(=O)NCC(F)(F)CN)c1.Cl. The van der Waals surface area contributed by atoms with Gasteiger partial charge < -0.3 is 15.8 Å². The van der Waals surface area contributed by atoms with Gasteiger partial charge >= 0.3 is 0 Å². The third kappa shape index (κ3) is 5.30. The molecule has 3 N–H and O–H groups in total. The highest BCUT2D eigenvalue weighted by Crippen LogP contribution is 2.21. The maximum absolute atomic E-state index is 12.9. The Balaban J connectivity index is 0.00000361. The number of methoxy groups -OCH3 is 1. The number of ether oxygens (including phenoxy) is 1. The molecule has 0 aliphatic heterocycles. The van der Waals surface area contributed by atoms with Gasteiger partial charge in [0.05, 0.1) is 26.1 Å². The molecule has 0 aliphatic carbocycles. The number of carbonyl (C=O) groups is 1. The smallest absolute Gasteiger partial charge is 0.277 e. The van der Waals surface area contributed by atoms with Gasteiger partial charge in [0.25, 0.3) is 5.92 Å². The van der Waals surface area contributed by atoms with Gasteiger partial charge in [-0.25, -0.2) is 8.78 Å². The van der Waals surface area contributed by atoms with Crippen LogP contribution in [0.1, 0.15) is 18.4 Å². The summed E-state index contributed by atoms with van der Waals surface area (Å²) in [5, 5.41) is 2.20. The number of nitrogens with one attached hydrogen (secondary N) is 1. The molecular weight excluding hydrogens is 290 g/mol. The van der Waals surface area contributed by atoms with Crippen LogP contribution in [-0.4, -0.2) is 32.0 Å². The first-order valence-electron chi connectivity index (χ1n) is 5.89. The van der Waals surface area contributed by atoms with Crippen molar-refractivity contribution in [2.45, 2.75) is 18.8 Å². The number of rotatable bonds is 6. The lowest BCUT2D eigenvalue weighted by Crippen LogP contribution is -2.42. The Morgan fingerprint density at radius 1 is 1.50 bits per heavy atom. The molecule has 1 unspecified atom stereocenters. The van der Waals surface area contributed by atoms with Crippen LogP contribution in [0.2, 0.25) is 0 Å². The van der Waals surface area contributed by atoms with Gasteiger partial charge in [-0.2, -0.15) is 0 Å². The molecule has 7 heteroatoms. The fraction of sp³-hybridized carbons (Fsp3) is 0.462. The number of nitrogens with two attached hydrogens (primary N) is 1. The number of hydrogen-bond acceptors (Lipinski definition) is 3. The summed E-state index contributed by atoms with van der Waals surface area (Å²) >= 11 is 0. The zero-order chi connectivity index (χ0) is 14.5. The molecular formula is C13H19ClF2N2O2. The summed E-state index contributed by atoms with van der Waals surface area (Å²) in [5.74, 6) is -3.47. The highest BCUT2D eigenvalue weighted by atomic mass is 35.5. The minimum absolute atomic E-state index is 0. The van der Waals surface area contributed by atoms with Crippen LogP contribution in [0.5, 0.6) is 5.75 Å². The van der Waals surface area contributed by atoms with Crippen molar-refractivity contribution in [3.63, 3.8) is 0 Å². The van der Waals surface area contributed by atoms with Crippen molar-refractivity contribution in [3.8, 4) is 5.75 Å². The van der Waals surface area contributed by atoms with E-state index in [0.29, 0.717) is 11.3 Å². The van der Waals surface area contributed by atoms with E-state index in [0.717, 1.165) is 0 Å². The fourth-order valence-electron chi connectivity index (χ4n) is 1.50. The Morgan fingerprint density at radius 2 is 2.15 bits per heavy atom. The van der Waals surface area contributed by atoms with Crippen LogP contribution in [0.4, 0.5) is 8.78 Å². The van der Waals surface area contributed by atoms with Crippen LogP contribution < -0.4 is 15.8 Å². The highest BCUT2D eigenvalue weighted by Gasteiger charge is 2.28. The average Bonchev–Trinajstić information content (AvgIpc) is 2.44. The molecule has 1 aromatic carbocycles. The van der Waals surface area contributed by atoms with Crippen LogP contribution >= 0.6 is 12.4 Å². The molecule has 114 valence electrons. The monoisotopic (exact) mass is 308 g/mol. The van der Waals surface area contributed by atoms with E-state index in [2.05, 4.69) is 5.32 Å². The Morgan fingerprint density at radius 3 is 2.70 bits per heavy atom. The van der Waals surface area contributed by atoms with Crippen LogP contribution in [0.15, 0.2) is 24.3 Å². The van der Waals surface area contributed by atoms with E-state index in [1.165, 1.54) is 7.11 Å². The number of halogens is 3. The van der Waals surface area contributed by atoms with Crippen molar-refractivity contribution in [2.24, 2.45) is 5.73 Å². The van der Waals surface area contributed by atoms with Crippen molar-refractivity contribution in [1.82, 2.24) is 5.32 Å². The third-order valence-electron chi connectivity index (χ3n) is 2.81. The van der Waals surface area contributed by atoms with E-state index in [1.54, 1.807) is 31.2 Å². The fourth-order valence-corrected chi connectivity index (χ4v) is 1.50. The summed E-state index contributed by atoms with van der Waals surface area (Å²) < 4.78 is 30.9. The normalized spacial score (nSPS) is 12.2. The Hall–Kier alpha value is -1.40. The van der Waals surface area contributed by atoms with E-state index >= 15 is 0 Å². The van der Waals surface area contributed by atoms with Gasteiger partial charge in [0.2, 0.25) is 5.91 Å². The second kappa shape index (κ2) is 8.01. The van der Waals surface area contributed by atoms with E-state index in [-0.39, 0.29) is 12.4 Å². The van der Waals surface area contributed by atoms with E-state index in [1.807, 2.05) is 0 Å². The summed E-state index contributed by atoms with van der Waals surface area (Å²) in [4.78, 5) is 11.8. The predicted octanol–water partition coefficient (Wildman–Crippen LogP) is 1.93. The molecule has 4 nitrogen and oxygen atoms in total. The van der Waals surface area contributed by atoms with Crippen molar-refractivity contribution in [3.05, 3.63) is 29.8 Å². The molecule has 1 aromatic rings. The number of hydrogen-bond donors (Lipinski definition) is 2. The van der Waals surface area contributed by atoms with Gasteiger partial charge in [-0.15, -0.1) is 12.4 Å². The second-order valence-electron chi connectivity index (χ2n) is 4.28. The molecule has 1 rings (SSSR count). The summed E-state index contributed by atoms with van der Waals surface area (Å²) in [6.45, 7) is 0.0994. The first-order valence-corrected chi connectivity index (χ1v) is 5.89. The van der Waals surface area contributed by atoms with Crippen LogP contribution in [0, 0.1) is 0 Å². The van der Waals surface area contributed by atoms with Crippen molar-refractivity contribution in [1.29, 1.82) is 0 Å². The van der Waals surface area contributed by atoms with E-state index < -0.39 is 30.8 Å². The predicted molar refractivity (Wildman–Crippen MR) is 75.7 cm³/mol. The van der Waals surface area contributed by atoms with Crippen LogP contribution in [-0.2, 0) is 4.79 Å². The lowest BCUT2D eigenvalue weighted by atomic mass is 10.00. The minimum Gasteiger partial charge on any atom is -0.497 e. The van der Waals surface area contributed by atoms with Crippen LogP contribution in [0.25, 0.3) is 0 Å². The average molecular weight is 309 g/mol. The van der Waals surface area contributed by atoms with E-state index in [4.69, 9.17) is 10.5 Å². The second-order valence-corrected chi connectivity index (χ2v) is 4.28. The van der Waals surface area contributed by atoms with Gasteiger partial charge in [0, 0.05) is 0 Å². The largest absolute Gasteiger partial charge is 0.497 e. The van der Waals surface area contributed by atoms with E-state index in [9.17, 15) is 13.6 Å². The van der Waals surface area contributed by atoms with Gasteiger partial charge in [0.15, 0.2) is 0 Å². The quantitative estimate of drug-likeness (QED) is 0.844. The lowest BCUT2D eigenvalue weighted by molar-refractivity contribution is -0.124. The number of carbonyl (C=O) groups excluding carboxylic acids is 1. The topological polar surface area (TPSA) is 64.3 Å². The Kier molecular flexibility index (Phi) is 7.45. The van der Waals surface area contributed by atoms with Crippen molar-refractivity contribution < 1.29 is 18.3 Å². The highest BCUT2D eigenvalue weighted by molar-refractivity contribution is 5.85. The Bertz CT molecular complexity index is 444. The van der Waals surface area contributed by atoms with Crippen LogP contribution in [0.3, 0.4) is 0 Å². The van der Waals surface area contributed by atoms with Gasteiger partial charge in [-0.3, -0.25) is 4.79 Å². The third-order valence-corrected chi connectivity index (χ3v) is 2.81. The lowest BCUT2D eigenvalue weighted by Gasteiger charge is -2.17. The minimum atomic E-state index is -3.08. The summed E-state index contributed by atoms with van der Waals surface area (Å²) in [5.41, 5.74) is 5.60. The molecule has 1 atom stereocenters. The van der Waals surface area contributed by atoms with Crippen molar-refractivity contribution >= 4 is 18.3 Å². The first kappa shape index (κ1) is 18.6. The summed E-state index contributed by atoms with van der Waals surface area (Å²) in [7, 11) is 1.52. The summed E-state index contributed by atoms with van der Waals surface area (Å²) in [6.07, 6.45) is 0. The zero-order valence-electron chi connectivity index (χ0n) is 11.4. The molecule has 0 aromatic heterocycles. The molecule has 0 aliphatic rings. The molecule has 0 heterocycles. The summed E-state index contributed by atoms with van der Waals surface area (Å²) in [6, 6.07) is 6.93. The molecule has 0 saturated heterocycles. The molecule has 0 radical (unpaired) electrons. The standard InChI is InChI=1S/C13H18F2N2O2.ClH/c1-9(10-4-3-5-11(6-10)19-2)12(18)17-8-13(14,15)7-16;/h3-6,9H,7-8,16H2,1-2H3,(H,17,18);1H. The molecule has 0 fully saturated rings. The first-order chi connectivity index (χ1) is 8.89. The number of benzene rings is 1. The number of amides is 1. The van der Waals surface area contributed by atoms with Crippen molar-refractivity contribution in [2.75, 3.05) is 20.2 Å². The zero-order valence-corrected chi connectivity index (χ0v) is 12.2. The van der Waals surface area contributed by atoms with Gasteiger partial charge in [-0.05, 0) is 24.6 Å². The molecule has 1 amide bonds. The molecule has 0 saturated carbocycles.